The van der Waals surface area contributed by atoms with Crippen molar-refractivity contribution >= 4 is 28.4 Å². The smallest absolute Gasteiger partial charge is 0.255 e. The predicted molar refractivity (Wildman–Crippen MR) is 106 cm³/mol. The summed E-state index contributed by atoms with van der Waals surface area (Å²) in [6, 6.07) is 14.8. The molecule has 0 aliphatic heterocycles. The van der Waals surface area contributed by atoms with Gasteiger partial charge in [-0.3, -0.25) is 9.59 Å². The zero-order valence-corrected chi connectivity index (χ0v) is 15.2. The summed E-state index contributed by atoms with van der Waals surface area (Å²) < 4.78 is 5.47. The highest BCUT2D eigenvalue weighted by Crippen LogP contribution is 2.22. The molecule has 2 aromatic carbocycles. The maximum absolute atomic E-state index is 12.3. The Labute approximate surface area is 157 Å². The Morgan fingerprint density at radius 1 is 1.07 bits per heavy atom. The molecule has 0 bridgehead atoms. The first kappa shape index (κ1) is 18.5. The molecule has 0 radical (unpaired) electrons. The fourth-order valence-electron chi connectivity index (χ4n) is 2.89. The summed E-state index contributed by atoms with van der Waals surface area (Å²) in [5, 5.41) is 6.74. The summed E-state index contributed by atoms with van der Waals surface area (Å²) >= 11 is 0. The molecule has 27 heavy (non-hydrogen) atoms. The van der Waals surface area contributed by atoms with E-state index in [4.69, 9.17) is 4.74 Å². The number of carbonyl (C=O) groups is 2. The zero-order valence-electron chi connectivity index (χ0n) is 15.2. The molecule has 0 aliphatic carbocycles. The third-order valence-corrected chi connectivity index (χ3v) is 4.17. The Morgan fingerprint density at radius 2 is 1.93 bits per heavy atom. The van der Waals surface area contributed by atoms with Gasteiger partial charge in [-0.05, 0) is 43.7 Å². The lowest BCUT2D eigenvalue weighted by molar-refractivity contribution is -0.116. The van der Waals surface area contributed by atoms with Gasteiger partial charge < -0.3 is 20.4 Å². The largest absolute Gasteiger partial charge is 0.493 e. The number of hydrogen-bond donors (Lipinski definition) is 3. The average molecular weight is 365 g/mol. The van der Waals surface area contributed by atoms with Gasteiger partial charge in [0, 0.05) is 30.1 Å². The number of anilines is 1. The van der Waals surface area contributed by atoms with Crippen molar-refractivity contribution in [2.75, 3.05) is 18.5 Å². The van der Waals surface area contributed by atoms with Crippen LogP contribution in [0.2, 0.25) is 0 Å². The highest BCUT2D eigenvalue weighted by molar-refractivity contribution is 6.01. The van der Waals surface area contributed by atoms with Crippen molar-refractivity contribution in [1.82, 2.24) is 10.3 Å². The molecule has 1 heterocycles. The van der Waals surface area contributed by atoms with Crippen LogP contribution in [0.5, 0.6) is 5.75 Å². The van der Waals surface area contributed by atoms with E-state index in [2.05, 4.69) is 15.6 Å². The van der Waals surface area contributed by atoms with Gasteiger partial charge in [-0.25, -0.2) is 0 Å². The molecule has 0 saturated carbocycles. The molecular weight excluding hydrogens is 342 g/mol. The van der Waals surface area contributed by atoms with Gasteiger partial charge in [0.2, 0.25) is 5.91 Å². The van der Waals surface area contributed by atoms with Crippen molar-refractivity contribution in [1.29, 1.82) is 0 Å². The lowest BCUT2D eigenvalue weighted by Gasteiger charge is -2.10. The third kappa shape index (κ3) is 4.67. The molecule has 0 spiro atoms. The summed E-state index contributed by atoms with van der Waals surface area (Å²) in [7, 11) is 0. The molecule has 3 N–H and O–H groups in total. The van der Waals surface area contributed by atoms with E-state index in [9.17, 15) is 9.59 Å². The summed E-state index contributed by atoms with van der Waals surface area (Å²) in [5.41, 5.74) is 2.27. The van der Waals surface area contributed by atoms with E-state index in [0.717, 1.165) is 16.6 Å². The molecule has 0 fully saturated rings. The summed E-state index contributed by atoms with van der Waals surface area (Å²) in [6.07, 6.45) is 2.72. The number of fused-ring (bicyclic) bond motifs is 1. The Bertz CT molecular complexity index is 933. The number of amides is 2. The van der Waals surface area contributed by atoms with Crippen LogP contribution in [0.1, 0.15) is 30.1 Å². The normalized spacial score (nSPS) is 10.6. The second kappa shape index (κ2) is 8.89. The standard InChI is InChI=1S/C21H23N3O3/c1-2-27-19-10-4-3-7-16(19)21(26)23-13-6-11-20(25)24-18-9-5-8-17-15(18)12-14-22-17/h3-5,7-10,12,14,22H,2,6,11,13H2,1H3,(H,23,26)(H,24,25). The van der Waals surface area contributed by atoms with Gasteiger partial charge in [0.15, 0.2) is 0 Å². The van der Waals surface area contributed by atoms with Gasteiger partial charge in [-0.1, -0.05) is 18.2 Å². The van der Waals surface area contributed by atoms with E-state index in [1.165, 1.54) is 0 Å². The molecule has 0 unspecified atom stereocenters. The number of hydrogen-bond acceptors (Lipinski definition) is 3. The first-order valence-corrected chi connectivity index (χ1v) is 9.05. The lowest BCUT2D eigenvalue weighted by atomic mass is 10.2. The number of aromatic amines is 1. The molecule has 140 valence electrons. The number of ether oxygens (including phenoxy) is 1. The molecule has 0 saturated heterocycles. The van der Waals surface area contributed by atoms with E-state index in [-0.39, 0.29) is 11.8 Å². The highest BCUT2D eigenvalue weighted by Gasteiger charge is 2.11. The topological polar surface area (TPSA) is 83.2 Å². The number of nitrogens with one attached hydrogen (secondary N) is 3. The van der Waals surface area contributed by atoms with Crippen molar-refractivity contribution in [3.8, 4) is 5.75 Å². The molecule has 6 heteroatoms. The first-order chi connectivity index (χ1) is 13.2. The van der Waals surface area contributed by atoms with Crippen LogP contribution in [0, 0.1) is 0 Å². The molecule has 2 amide bonds. The van der Waals surface area contributed by atoms with Crippen molar-refractivity contribution in [3.05, 3.63) is 60.3 Å². The monoisotopic (exact) mass is 365 g/mol. The molecule has 0 atom stereocenters. The maximum atomic E-state index is 12.3. The van der Waals surface area contributed by atoms with Crippen LogP contribution in [-0.4, -0.2) is 29.9 Å². The minimum absolute atomic E-state index is 0.0762. The Balaban J connectivity index is 1.47. The van der Waals surface area contributed by atoms with Crippen LogP contribution in [0.4, 0.5) is 5.69 Å². The molecule has 1 aromatic heterocycles. The number of para-hydroxylation sites is 1. The minimum atomic E-state index is -0.198. The lowest BCUT2D eigenvalue weighted by Crippen LogP contribution is -2.26. The molecular formula is C21H23N3O3. The first-order valence-electron chi connectivity index (χ1n) is 9.05. The quantitative estimate of drug-likeness (QED) is 0.532. The van der Waals surface area contributed by atoms with Crippen LogP contribution >= 0.6 is 0 Å². The number of aromatic nitrogens is 1. The van der Waals surface area contributed by atoms with Gasteiger partial charge in [-0.2, -0.15) is 0 Å². The van der Waals surface area contributed by atoms with E-state index < -0.39 is 0 Å². The summed E-state index contributed by atoms with van der Waals surface area (Å²) in [5.74, 6) is 0.291. The Kier molecular flexibility index (Phi) is 6.10. The molecule has 6 nitrogen and oxygen atoms in total. The van der Waals surface area contributed by atoms with Crippen LogP contribution < -0.4 is 15.4 Å². The average Bonchev–Trinajstić information content (AvgIpc) is 3.16. The van der Waals surface area contributed by atoms with E-state index in [0.29, 0.717) is 37.3 Å². The van der Waals surface area contributed by atoms with Gasteiger partial charge >= 0.3 is 0 Å². The van der Waals surface area contributed by atoms with Crippen molar-refractivity contribution in [2.24, 2.45) is 0 Å². The van der Waals surface area contributed by atoms with Crippen molar-refractivity contribution in [2.45, 2.75) is 19.8 Å². The van der Waals surface area contributed by atoms with Crippen LogP contribution in [0.15, 0.2) is 54.7 Å². The molecule has 3 aromatic rings. The van der Waals surface area contributed by atoms with Crippen LogP contribution in [-0.2, 0) is 4.79 Å². The number of H-pyrrole nitrogens is 1. The Morgan fingerprint density at radius 3 is 2.78 bits per heavy atom. The van der Waals surface area contributed by atoms with E-state index >= 15 is 0 Å². The van der Waals surface area contributed by atoms with Gasteiger partial charge in [0.25, 0.3) is 5.91 Å². The van der Waals surface area contributed by atoms with Crippen molar-refractivity contribution < 1.29 is 14.3 Å². The predicted octanol–water partition coefficient (Wildman–Crippen LogP) is 3.72. The van der Waals surface area contributed by atoms with Crippen molar-refractivity contribution in [3.63, 3.8) is 0 Å². The maximum Gasteiger partial charge on any atom is 0.255 e. The minimum Gasteiger partial charge on any atom is -0.493 e. The fraction of sp³-hybridized carbons (Fsp3) is 0.238. The summed E-state index contributed by atoms with van der Waals surface area (Å²) in [4.78, 5) is 27.6. The van der Waals surface area contributed by atoms with Gasteiger partial charge in [-0.15, -0.1) is 0 Å². The van der Waals surface area contributed by atoms with Crippen LogP contribution in [0.25, 0.3) is 10.9 Å². The SMILES string of the molecule is CCOc1ccccc1C(=O)NCCCC(=O)Nc1cccc2[nH]ccc12. The molecule has 0 aliphatic rings. The van der Waals surface area contributed by atoms with Gasteiger partial charge in [0.1, 0.15) is 5.75 Å². The fourth-order valence-corrected chi connectivity index (χ4v) is 2.89. The number of benzene rings is 2. The molecule has 3 rings (SSSR count). The third-order valence-electron chi connectivity index (χ3n) is 4.17. The second-order valence-electron chi connectivity index (χ2n) is 6.08. The number of carbonyl (C=O) groups excluding carboxylic acids is 2. The zero-order chi connectivity index (χ0) is 19.1. The second-order valence-corrected chi connectivity index (χ2v) is 6.08. The highest BCUT2D eigenvalue weighted by atomic mass is 16.5. The van der Waals surface area contributed by atoms with E-state index in [1.807, 2.05) is 43.5 Å². The van der Waals surface area contributed by atoms with Crippen LogP contribution in [0.3, 0.4) is 0 Å². The van der Waals surface area contributed by atoms with E-state index in [1.54, 1.807) is 18.2 Å². The van der Waals surface area contributed by atoms with Gasteiger partial charge in [0.05, 0.1) is 17.9 Å². The summed E-state index contributed by atoms with van der Waals surface area (Å²) in [6.45, 7) is 2.79. The Hall–Kier alpha value is -3.28. The number of rotatable bonds is 8.